The quantitative estimate of drug-likeness (QED) is 0.854. The Morgan fingerprint density at radius 2 is 1.56 bits per heavy atom. The van der Waals surface area contributed by atoms with Crippen LogP contribution in [0, 0.1) is 13.8 Å². The minimum atomic E-state index is -0.865. The molecule has 0 saturated carbocycles. The van der Waals surface area contributed by atoms with Crippen LogP contribution in [0.15, 0.2) is 18.2 Å². The van der Waals surface area contributed by atoms with E-state index in [1.807, 2.05) is 59.7 Å². The van der Waals surface area contributed by atoms with Crippen molar-refractivity contribution in [2.24, 2.45) is 0 Å². The molecule has 0 spiro atoms. The first-order valence-electron chi connectivity index (χ1n) is 9.29. The van der Waals surface area contributed by atoms with Crippen molar-refractivity contribution in [2.75, 3.05) is 5.32 Å². The van der Waals surface area contributed by atoms with Gasteiger partial charge in [-0.2, -0.15) is 0 Å². The molecule has 3 aliphatic heterocycles. The fraction of sp³-hybridized carbons (Fsp3) is 0.650. The number of carbonyl (C=O) groups is 1. The number of fused-ring (bicyclic) bond motifs is 3. The highest BCUT2D eigenvalue weighted by Gasteiger charge is 2.62. The first-order chi connectivity index (χ1) is 12.5. The lowest BCUT2D eigenvalue weighted by molar-refractivity contribution is -0.229. The lowest BCUT2D eigenvalue weighted by atomic mass is 9.98. The Balaban J connectivity index is 1.60. The van der Waals surface area contributed by atoms with Crippen molar-refractivity contribution in [3.05, 3.63) is 29.3 Å². The molecule has 5 atom stereocenters. The number of aryl methyl sites for hydroxylation is 2. The molecule has 1 N–H and O–H groups in total. The summed E-state index contributed by atoms with van der Waals surface area (Å²) >= 11 is 0. The highest BCUT2D eigenvalue weighted by molar-refractivity contribution is 5.95. The normalized spacial score (nSPS) is 36.1. The van der Waals surface area contributed by atoms with E-state index in [-0.39, 0.29) is 5.91 Å². The average Bonchev–Trinajstić information content (AvgIpc) is 3.04. The maximum atomic E-state index is 13.1. The molecule has 7 nitrogen and oxygen atoms in total. The van der Waals surface area contributed by atoms with Gasteiger partial charge in [0.05, 0.1) is 0 Å². The van der Waals surface area contributed by atoms with E-state index in [9.17, 15) is 4.79 Å². The van der Waals surface area contributed by atoms with E-state index >= 15 is 0 Å². The van der Waals surface area contributed by atoms with Crippen LogP contribution in [-0.4, -0.2) is 48.2 Å². The predicted molar refractivity (Wildman–Crippen MR) is 97.1 cm³/mol. The summed E-state index contributed by atoms with van der Waals surface area (Å²) in [6, 6.07) is 5.91. The number of anilines is 1. The van der Waals surface area contributed by atoms with Crippen LogP contribution in [0.2, 0.25) is 0 Å². The number of rotatable bonds is 2. The first-order valence-corrected chi connectivity index (χ1v) is 9.29. The second-order valence-electron chi connectivity index (χ2n) is 8.40. The van der Waals surface area contributed by atoms with Gasteiger partial charge in [0.1, 0.15) is 18.3 Å². The summed E-state index contributed by atoms with van der Waals surface area (Å²) in [5.74, 6) is -1.93. The summed E-state index contributed by atoms with van der Waals surface area (Å²) in [5, 5.41) is 2.97. The largest absolute Gasteiger partial charge is 0.342 e. The molecule has 0 bridgehead atoms. The summed E-state index contributed by atoms with van der Waals surface area (Å²) in [6.45, 7) is 11.2. The zero-order valence-corrected chi connectivity index (χ0v) is 16.6. The lowest BCUT2D eigenvalue weighted by Crippen LogP contribution is -2.58. The van der Waals surface area contributed by atoms with E-state index in [1.54, 1.807) is 0 Å². The number of carbonyl (C=O) groups excluding carboxylic acids is 1. The van der Waals surface area contributed by atoms with E-state index < -0.39 is 42.3 Å². The van der Waals surface area contributed by atoms with Gasteiger partial charge in [-0.1, -0.05) is 12.1 Å². The van der Waals surface area contributed by atoms with Crippen molar-refractivity contribution in [2.45, 2.75) is 83.8 Å². The van der Waals surface area contributed by atoms with Crippen LogP contribution in [0.3, 0.4) is 0 Å². The number of nitrogens with one attached hydrogen (secondary N) is 1. The SMILES string of the molecule is Cc1ccc(C)c(NC(=O)[C@@H]2O[C@H]3OC(C)(C)O[C@@H]3[C@H]3OC(C)(C)O[C@H]32)c1. The van der Waals surface area contributed by atoms with Gasteiger partial charge < -0.3 is 29.0 Å². The summed E-state index contributed by atoms with van der Waals surface area (Å²) in [4.78, 5) is 13.1. The van der Waals surface area contributed by atoms with E-state index in [4.69, 9.17) is 23.7 Å². The van der Waals surface area contributed by atoms with Crippen molar-refractivity contribution in [3.8, 4) is 0 Å². The number of hydrogen-bond acceptors (Lipinski definition) is 6. The van der Waals surface area contributed by atoms with Crippen molar-refractivity contribution in [1.82, 2.24) is 0 Å². The summed E-state index contributed by atoms with van der Waals surface area (Å²) in [6.07, 6.45) is -3.03. The minimum Gasteiger partial charge on any atom is -0.342 e. The fourth-order valence-electron chi connectivity index (χ4n) is 3.90. The molecule has 27 heavy (non-hydrogen) atoms. The van der Waals surface area contributed by atoms with Gasteiger partial charge in [-0.05, 0) is 58.7 Å². The third kappa shape index (κ3) is 3.50. The molecular formula is C20H27NO6. The molecule has 1 aromatic carbocycles. The van der Waals surface area contributed by atoms with Crippen LogP contribution in [0.25, 0.3) is 0 Å². The van der Waals surface area contributed by atoms with Crippen LogP contribution < -0.4 is 5.32 Å². The molecule has 1 aromatic rings. The van der Waals surface area contributed by atoms with Gasteiger partial charge >= 0.3 is 0 Å². The summed E-state index contributed by atoms with van der Waals surface area (Å²) in [7, 11) is 0. The Morgan fingerprint density at radius 3 is 2.30 bits per heavy atom. The highest BCUT2D eigenvalue weighted by Crippen LogP contribution is 2.44. The molecule has 0 aliphatic carbocycles. The molecule has 0 aromatic heterocycles. The molecule has 0 radical (unpaired) electrons. The second-order valence-corrected chi connectivity index (χ2v) is 8.40. The van der Waals surface area contributed by atoms with Crippen LogP contribution >= 0.6 is 0 Å². The van der Waals surface area contributed by atoms with Crippen molar-refractivity contribution < 1.29 is 28.5 Å². The van der Waals surface area contributed by atoms with E-state index in [0.717, 1.165) is 16.8 Å². The van der Waals surface area contributed by atoms with Crippen LogP contribution in [0.4, 0.5) is 5.69 Å². The monoisotopic (exact) mass is 377 g/mol. The van der Waals surface area contributed by atoms with E-state index in [1.165, 1.54) is 0 Å². The summed E-state index contributed by atoms with van der Waals surface area (Å²) in [5.41, 5.74) is 2.79. The maximum absolute atomic E-state index is 13.1. The first kappa shape index (κ1) is 18.8. The smallest absolute Gasteiger partial charge is 0.256 e. The Labute approximate surface area is 159 Å². The van der Waals surface area contributed by atoms with Crippen molar-refractivity contribution in [3.63, 3.8) is 0 Å². The predicted octanol–water partition coefficient (Wildman–Crippen LogP) is 2.64. The maximum Gasteiger partial charge on any atom is 0.256 e. The van der Waals surface area contributed by atoms with Crippen LogP contribution in [0.1, 0.15) is 38.8 Å². The Kier molecular flexibility index (Phi) is 4.36. The zero-order chi connectivity index (χ0) is 19.6. The standard InChI is InChI=1S/C20H27NO6/c1-10-7-8-11(2)12(9-10)21-17(22)15-13-14(25-19(3,4)24-13)16-18(23-15)27-20(5,6)26-16/h7-9,13-16,18H,1-6H3,(H,21,22)/t13-,14+,15-,16-,18+/m1/s1. The fourth-order valence-corrected chi connectivity index (χ4v) is 3.90. The number of hydrogen-bond donors (Lipinski definition) is 1. The molecule has 3 heterocycles. The molecule has 148 valence electrons. The van der Waals surface area contributed by atoms with E-state index in [0.29, 0.717) is 0 Å². The number of amides is 1. The molecule has 3 saturated heterocycles. The Hall–Kier alpha value is -1.51. The molecule has 7 heteroatoms. The van der Waals surface area contributed by atoms with Gasteiger partial charge in [0.25, 0.3) is 5.91 Å². The molecule has 4 rings (SSSR count). The third-order valence-corrected chi connectivity index (χ3v) is 5.06. The average molecular weight is 377 g/mol. The number of benzene rings is 1. The molecule has 3 fully saturated rings. The summed E-state index contributed by atoms with van der Waals surface area (Å²) < 4.78 is 29.8. The van der Waals surface area contributed by atoms with Gasteiger partial charge in [0, 0.05) is 5.69 Å². The number of ether oxygens (including phenoxy) is 5. The Morgan fingerprint density at radius 1 is 0.926 bits per heavy atom. The topological polar surface area (TPSA) is 75.3 Å². The Bertz CT molecular complexity index is 761. The van der Waals surface area contributed by atoms with Crippen molar-refractivity contribution >= 4 is 11.6 Å². The van der Waals surface area contributed by atoms with Gasteiger partial charge in [-0.3, -0.25) is 4.79 Å². The molecule has 3 aliphatic rings. The van der Waals surface area contributed by atoms with Gasteiger partial charge in [-0.15, -0.1) is 0 Å². The molecule has 0 unspecified atom stereocenters. The third-order valence-electron chi connectivity index (χ3n) is 5.06. The lowest BCUT2D eigenvalue weighted by Gasteiger charge is -2.36. The zero-order valence-electron chi connectivity index (χ0n) is 16.6. The molecule has 1 amide bonds. The van der Waals surface area contributed by atoms with Crippen LogP contribution in [0.5, 0.6) is 0 Å². The van der Waals surface area contributed by atoms with Crippen LogP contribution in [-0.2, 0) is 28.5 Å². The second kappa shape index (κ2) is 6.25. The van der Waals surface area contributed by atoms with E-state index in [2.05, 4.69) is 5.32 Å². The van der Waals surface area contributed by atoms with Gasteiger partial charge in [0.15, 0.2) is 24.0 Å². The van der Waals surface area contributed by atoms with Crippen molar-refractivity contribution in [1.29, 1.82) is 0 Å². The highest BCUT2D eigenvalue weighted by atomic mass is 16.9. The van der Waals surface area contributed by atoms with Gasteiger partial charge in [-0.25, -0.2) is 0 Å². The molecular weight excluding hydrogens is 350 g/mol. The van der Waals surface area contributed by atoms with Gasteiger partial charge in [0.2, 0.25) is 0 Å². The minimum absolute atomic E-state index is 0.285.